The van der Waals surface area contributed by atoms with Crippen molar-refractivity contribution in [2.24, 2.45) is 5.92 Å². The van der Waals surface area contributed by atoms with Gasteiger partial charge >= 0.3 is 5.97 Å². The van der Waals surface area contributed by atoms with Gasteiger partial charge in [0.15, 0.2) is 5.82 Å². The van der Waals surface area contributed by atoms with E-state index in [1.54, 1.807) is 18.5 Å². The zero-order valence-electron chi connectivity index (χ0n) is 11.9. The minimum Gasteiger partial charge on any atom is -0.480 e. The number of carboxylic acids is 1. The predicted molar refractivity (Wildman–Crippen MR) is 73.5 cm³/mol. The quantitative estimate of drug-likeness (QED) is 0.791. The molecule has 2 aromatic rings. The highest BCUT2D eigenvalue weighted by Gasteiger charge is 2.21. The molecule has 0 aliphatic carbocycles. The third kappa shape index (κ3) is 3.98. The Morgan fingerprint density at radius 1 is 1.43 bits per heavy atom. The van der Waals surface area contributed by atoms with Gasteiger partial charge in [-0.25, -0.2) is 14.3 Å². The predicted octanol–water partition coefficient (Wildman–Crippen LogP) is 0.282. The number of carboxylic acid groups (broad SMARTS) is 1. The van der Waals surface area contributed by atoms with E-state index in [9.17, 15) is 9.59 Å². The first-order valence-electron chi connectivity index (χ1n) is 6.64. The molecule has 21 heavy (non-hydrogen) atoms. The third-order valence-corrected chi connectivity index (χ3v) is 2.82. The fourth-order valence-electron chi connectivity index (χ4n) is 1.93. The summed E-state index contributed by atoms with van der Waals surface area (Å²) in [6, 6.07) is 0.807. The van der Waals surface area contributed by atoms with Crippen molar-refractivity contribution in [3.05, 3.63) is 24.3 Å². The zero-order valence-corrected chi connectivity index (χ0v) is 11.9. The van der Waals surface area contributed by atoms with Crippen LogP contribution in [0.4, 0.5) is 0 Å². The molecule has 2 N–H and O–H groups in total. The molecule has 1 amide bonds. The minimum atomic E-state index is -1.04. The Bertz CT molecular complexity index is 619. The lowest BCUT2D eigenvalue weighted by molar-refractivity contribution is -0.142. The monoisotopic (exact) mass is 291 g/mol. The summed E-state index contributed by atoms with van der Waals surface area (Å²) in [6.45, 7) is 3.80. The van der Waals surface area contributed by atoms with Gasteiger partial charge in [-0.1, -0.05) is 13.8 Å². The molecule has 0 aromatic carbocycles. The molecule has 0 saturated heterocycles. The van der Waals surface area contributed by atoms with Crippen molar-refractivity contribution in [3.8, 4) is 0 Å². The van der Waals surface area contributed by atoms with Gasteiger partial charge in [0, 0.05) is 12.4 Å². The summed E-state index contributed by atoms with van der Waals surface area (Å²) in [6.07, 6.45) is 3.55. The Hall–Kier alpha value is -2.51. The molecular weight excluding hydrogens is 274 g/mol. The molecule has 1 atom stereocenters. The average Bonchev–Trinajstić information content (AvgIpc) is 2.79. The van der Waals surface area contributed by atoms with Crippen LogP contribution in [0.2, 0.25) is 0 Å². The van der Waals surface area contributed by atoms with Crippen LogP contribution in [0.25, 0.3) is 5.78 Å². The number of hydrogen-bond donors (Lipinski definition) is 2. The number of carbonyl (C=O) groups excluding carboxylic acids is 1. The van der Waals surface area contributed by atoms with Crippen LogP contribution in [0.15, 0.2) is 18.5 Å². The van der Waals surface area contributed by atoms with E-state index < -0.39 is 17.9 Å². The Kier molecular flexibility index (Phi) is 4.46. The molecule has 8 heteroatoms. The maximum atomic E-state index is 11.9. The molecule has 112 valence electrons. The maximum absolute atomic E-state index is 11.9. The highest BCUT2D eigenvalue weighted by molar-refractivity contribution is 5.84. The van der Waals surface area contributed by atoms with Crippen LogP contribution in [-0.4, -0.2) is 42.6 Å². The van der Waals surface area contributed by atoms with Crippen molar-refractivity contribution in [1.29, 1.82) is 0 Å². The van der Waals surface area contributed by atoms with Gasteiger partial charge in [0.1, 0.15) is 6.04 Å². The lowest BCUT2D eigenvalue weighted by Gasteiger charge is -2.15. The molecule has 0 aliphatic rings. The van der Waals surface area contributed by atoms with Gasteiger partial charge in [0.25, 0.3) is 5.78 Å². The van der Waals surface area contributed by atoms with E-state index in [0.29, 0.717) is 18.0 Å². The van der Waals surface area contributed by atoms with Crippen molar-refractivity contribution in [1.82, 2.24) is 24.9 Å². The van der Waals surface area contributed by atoms with Crippen molar-refractivity contribution in [2.75, 3.05) is 0 Å². The van der Waals surface area contributed by atoms with Crippen LogP contribution in [0.3, 0.4) is 0 Å². The summed E-state index contributed by atoms with van der Waals surface area (Å²) in [7, 11) is 0. The molecule has 2 aromatic heterocycles. The molecule has 2 rings (SSSR count). The molecule has 0 unspecified atom stereocenters. The van der Waals surface area contributed by atoms with Gasteiger partial charge < -0.3 is 10.4 Å². The van der Waals surface area contributed by atoms with Crippen LogP contribution in [-0.2, 0) is 16.0 Å². The summed E-state index contributed by atoms with van der Waals surface area (Å²) in [5, 5.41) is 15.7. The molecule has 0 saturated carbocycles. The standard InChI is InChI=1S/C13H17N5O3/c1-8(2)6-9(12(20)21)15-11(19)7-10-16-13-14-4-3-5-18(13)17-10/h3-5,8-9H,6-7H2,1-2H3,(H,15,19)(H,20,21)/t9-/m1/s1. The SMILES string of the molecule is CC(C)C[C@@H](NC(=O)Cc1nc2ncccn2n1)C(=O)O. The normalized spacial score (nSPS) is 12.5. The topological polar surface area (TPSA) is 109 Å². The molecule has 0 radical (unpaired) electrons. The number of amides is 1. The van der Waals surface area contributed by atoms with E-state index in [4.69, 9.17) is 5.11 Å². The Morgan fingerprint density at radius 2 is 2.19 bits per heavy atom. The highest BCUT2D eigenvalue weighted by Crippen LogP contribution is 2.05. The Balaban J connectivity index is 2.01. The zero-order chi connectivity index (χ0) is 15.4. The molecule has 2 heterocycles. The number of nitrogens with zero attached hydrogens (tertiary/aromatic N) is 4. The van der Waals surface area contributed by atoms with Crippen LogP contribution >= 0.6 is 0 Å². The summed E-state index contributed by atoms with van der Waals surface area (Å²) in [5.74, 6) is -0.582. The molecule has 0 aliphatic heterocycles. The second-order valence-corrected chi connectivity index (χ2v) is 5.16. The lowest BCUT2D eigenvalue weighted by atomic mass is 10.0. The molecule has 8 nitrogen and oxygen atoms in total. The van der Waals surface area contributed by atoms with Crippen LogP contribution in [0, 0.1) is 5.92 Å². The van der Waals surface area contributed by atoms with Crippen molar-refractivity contribution >= 4 is 17.7 Å². The van der Waals surface area contributed by atoms with Gasteiger partial charge in [0.05, 0.1) is 6.42 Å². The number of hydrogen-bond acceptors (Lipinski definition) is 5. The Morgan fingerprint density at radius 3 is 2.81 bits per heavy atom. The fraction of sp³-hybridized carbons (Fsp3) is 0.462. The molecular formula is C13H17N5O3. The molecule has 0 bridgehead atoms. The second-order valence-electron chi connectivity index (χ2n) is 5.16. The fourth-order valence-corrected chi connectivity index (χ4v) is 1.93. The number of fused-ring (bicyclic) bond motifs is 1. The van der Waals surface area contributed by atoms with E-state index in [2.05, 4.69) is 20.4 Å². The van der Waals surface area contributed by atoms with Crippen molar-refractivity contribution in [3.63, 3.8) is 0 Å². The van der Waals surface area contributed by atoms with E-state index in [1.165, 1.54) is 4.52 Å². The van der Waals surface area contributed by atoms with Gasteiger partial charge in [0.2, 0.25) is 5.91 Å². The second kappa shape index (κ2) is 6.29. The number of carbonyl (C=O) groups is 2. The molecule has 0 fully saturated rings. The maximum Gasteiger partial charge on any atom is 0.326 e. The van der Waals surface area contributed by atoms with Gasteiger partial charge in [-0.3, -0.25) is 4.79 Å². The summed E-state index contributed by atoms with van der Waals surface area (Å²) in [4.78, 5) is 31.1. The number of aromatic nitrogens is 4. The summed E-state index contributed by atoms with van der Waals surface area (Å²) in [5.41, 5.74) is 0. The average molecular weight is 291 g/mol. The minimum absolute atomic E-state index is 0.0781. The van der Waals surface area contributed by atoms with Crippen molar-refractivity contribution < 1.29 is 14.7 Å². The largest absolute Gasteiger partial charge is 0.480 e. The van der Waals surface area contributed by atoms with Gasteiger partial charge in [-0.05, 0) is 18.4 Å². The van der Waals surface area contributed by atoms with Crippen LogP contribution < -0.4 is 5.32 Å². The first-order valence-corrected chi connectivity index (χ1v) is 6.64. The van der Waals surface area contributed by atoms with Gasteiger partial charge in [-0.2, -0.15) is 4.98 Å². The van der Waals surface area contributed by atoms with Crippen molar-refractivity contribution in [2.45, 2.75) is 32.7 Å². The van der Waals surface area contributed by atoms with E-state index in [0.717, 1.165) is 0 Å². The molecule has 0 spiro atoms. The number of nitrogens with one attached hydrogen (secondary N) is 1. The smallest absolute Gasteiger partial charge is 0.326 e. The lowest BCUT2D eigenvalue weighted by Crippen LogP contribution is -2.42. The number of rotatable bonds is 6. The summed E-state index contributed by atoms with van der Waals surface area (Å²) < 4.78 is 1.46. The van der Waals surface area contributed by atoms with E-state index in [-0.39, 0.29) is 12.3 Å². The highest BCUT2D eigenvalue weighted by atomic mass is 16.4. The van der Waals surface area contributed by atoms with Gasteiger partial charge in [-0.15, -0.1) is 5.10 Å². The first-order chi connectivity index (χ1) is 9.95. The van der Waals surface area contributed by atoms with E-state index >= 15 is 0 Å². The van der Waals surface area contributed by atoms with Crippen LogP contribution in [0.1, 0.15) is 26.1 Å². The van der Waals surface area contributed by atoms with E-state index in [1.807, 2.05) is 13.8 Å². The first kappa shape index (κ1) is 14.9. The van der Waals surface area contributed by atoms with Crippen LogP contribution in [0.5, 0.6) is 0 Å². The summed E-state index contributed by atoms with van der Waals surface area (Å²) >= 11 is 0. The third-order valence-electron chi connectivity index (χ3n) is 2.82. The Labute approximate surface area is 121 Å². The number of aliphatic carboxylic acids is 1.